The van der Waals surface area contributed by atoms with Crippen molar-refractivity contribution >= 4 is 5.82 Å². The van der Waals surface area contributed by atoms with Gasteiger partial charge in [0.05, 0.1) is 25.5 Å². The van der Waals surface area contributed by atoms with Crippen LogP contribution < -0.4 is 20.7 Å². The number of nitrogens with two attached hydrogens (primary N) is 1. The smallest absolute Gasteiger partial charge is 0.161 e. The summed E-state index contributed by atoms with van der Waals surface area (Å²) in [5.41, 5.74) is 4.32. The number of hydrogen-bond donors (Lipinski definition) is 2. The molecule has 0 spiro atoms. The predicted octanol–water partition coefficient (Wildman–Crippen LogP) is 1.92. The van der Waals surface area contributed by atoms with Crippen LogP contribution in [0.2, 0.25) is 0 Å². The van der Waals surface area contributed by atoms with E-state index in [1.807, 2.05) is 18.2 Å². The van der Waals surface area contributed by atoms with Crippen LogP contribution in [0.4, 0.5) is 5.82 Å². The van der Waals surface area contributed by atoms with Crippen LogP contribution in [0.1, 0.15) is 5.56 Å². The first kappa shape index (κ1) is 13.6. The third-order valence-corrected chi connectivity index (χ3v) is 2.83. The number of ether oxygens (including phenoxy) is 2. The topological polar surface area (TPSA) is 93.2 Å². The second-order valence-electron chi connectivity index (χ2n) is 3.92. The summed E-state index contributed by atoms with van der Waals surface area (Å²) in [6.07, 6.45) is 0. The molecule has 3 N–H and O–H groups in total. The van der Waals surface area contributed by atoms with Crippen molar-refractivity contribution in [3.63, 3.8) is 0 Å². The average Bonchev–Trinajstić information content (AvgIpc) is 2.53. The van der Waals surface area contributed by atoms with E-state index in [2.05, 4.69) is 10.4 Å². The largest absolute Gasteiger partial charge is 0.493 e. The second kappa shape index (κ2) is 5.91. The summed E-state index contributed by atoms with van der Waals surface area (Å²) in [5, 5.41) is 8.94. The Morgan fingerprint density at radius 1 is 1.15 bits per heavy atom. The van der Waals surface area contributed by atoms with Gasteiger partial charge in [-0.05, 0) is 30.3 Å². The van der Waals surface area contributed by atoms with Crippen LogP contribution in [0.3, 0.4) is 0 Å². The summed E-state index contributed by atoms with van der Waals surface area (Å²) in [7, 11) is 3.15. The zero-order valence-corrected chi connectivity index (χ0v) is 11.2. The standard InChI is InChI=1S/C14H14N4O2/c1-19-12-6-4-9(7-13(12)20-2)11-5-3-10(8-15)14(17-11)18-16/h3-7H,16H2,1-2H3,(H,17,18). The number of nitrogen functional groups attached to an aromatic ring is 1. The van der Waals surface area contributed by atoms with Crippen molar-refractivity contribution in [1.29, 1.82) is 5.26 Å². The summed E-state index contributed by atoms with van der Waals surface area (Å²) < 4.78 is 10.4. The zero-order valence-electron chi connectivity index (χ0n) is 11.2. The minimum absolute atomic E-state index is 0.333. The summed E-state index contributed by atoms with van der Waals surface area (Å²) in [5.74, 6) is 6.95. The van der Waals surface area contributed by atoms with Crippen LogP contribution >= 0.6 is 0 Å². The molecule has 6 nitrogen and oxygen atoms in total. The Morgan fingerprint density at radius 2 is 1.90 bits per heavy atom. The molecule has 2 aromatic rings. The maximum Gasteiger partial charge on any atom is 0.161 e. The maximum absolute atomic E-state index is 8.94. The van der Waals surface area contributed by atoms with Crippen molar-refractivity contribution in [2.75, 3.05) is 19.6 Å². The highest BCUT2D eigenvalue weighted by Crippen LogP contribution is 2.32. The number of hydrazine groups is 1. The lowest BCUT2D eigenvalue weighted by atomic mass is 10.1. The number of pyridine rings is 1. The Balaban J connectivity index is 2.49. The highest BCUT2D eigenvalue weighted by molar-refractivity contribution is 5.67. The molecular formula is C14H14N4O2. The third kappa shape index (κ3) is 2.48. The SMILES string of the molecule is COc1ccc(-c2ccc(C#N)c(NN)n2)cc1OC. The van der Waals surface area contributed by atoms with E-state index in [-0.39, 0.29) is 0 Å². The third-order valence-electron chi connectivity index (χ3n) is 2.83. The lowest BCUT2D eigenvalue weighted by molar-refractivity contribution is 0.355. The number of hydrogen-bond acceptors (Lipinski definition) is 6. The van der Waals surface area contributed by atoms with Crippen LogP contribution in [-0.4, -0.2) is 19.2 Å². The second-order valence-corrected chi connectivity index (χ2v) is 3.92. The molecule has 6 heteroatoms. The van der Waals surface area contributed by atoms with E-state index in [0.29, 0.717) is 28.6 Å². The summed E-state index contributed by atoms with van der Waals surface area (Å²) in [6.45, 7) is 0. The van der Waals surface area contributed by atoms with E-state index in [4.69, 9.17) is 20.6 Å². The van der Waals surface area contributed by atoms with Gasteiger partial charge < -0.3 is 14.9 Å². The molecule has 0 amide bonds. The van der Waals surface area contributed by atoms with E-state index < -0.39 is 0 Å². The number of benzene rings is 1. The average molecular weight is 270 g/mol. The van der Waals surface area contributed by atoms with Crippen molar-refractivity contribution in [3.8, 4) is 28.8 Å². The maximum atomic E-state index is 8.94. The molecule has 0 fully saturated rings. The monoisotopic (exact) mass is 270 g/mol. The van der Waals surface area contributed by atoms with Crippen molar-refractivity contribution in [3.05, 3.63) is 35.9 Å². The first-order chi connectivity index (χ1) is 9.73. The number of rotatable bonds is 4. The Kier molecular flexibility index (Phi) is 4.03. The van der Waals surface area contributed by atoms with E-state index in [1.165, 1.54) is 0 Å². The fourth-order valence-electron chi connectivity index (χ4n) is 1.82. The van der Waals surface area contributed by atoms with Gasteiger partial charge in [0.15, 0.2) is 17.3 Å². The quantitative estimate of drug-likeness (QED) is 0.651. The summed E-state index contributed by atoms with van der Waals surface area (Å²) in [4.78, 5) is 4.31. The van der Waals surface area contributed by atoms with Crippen molar-refractivity contribution in [2.45, 2.75) is 0 Å². The number of nitrogens with one attached hydrogen (secondary N) is 1. The molecule has 0 saturated heterocycles. The molecule has 0 bridgehead atoms. The normalized spacial score (nSPS) is 9.70. The molecule has 20 heavy (non-hydrogen) atoms. The first-order valence-electron chi connectivity index (χ1n) is 5.83. The van der Waals surface area contributed by atoms with Gasteiger partial charge in [-0.1, -0.05) is 0 Å². The molecule has 1 heterocycles. The molecule has 0 aliphatic heterocycles. The van der Waals surface area contributed by atoms with E-state index in [9.17, 15) is 0 Å². The van der Waals surface area contributed by atoms with Crippen molar-refractivity contribution < 1.29 is 9.47 Å². The lowest BCUT2D eigenvalue weighted by Crippen LogP contribution is -2.10. The van der Waals surface area contributed by atoms with Gasteiger partial charge in [0, 0.05) is 5.56 Å². The van der Waals surface area contributed by atoms with Crippen molar-refractivity contribution in [1.82, 2.24) is 4.98 Å². The van der Waals surface area contributed by atoms with Crippen LogP contribution in [0.15, 0.2) is 30.3 Å². The number of nitrogens with zero attached hydrogens (tertiary/aromatic N) is 2. The predicted molar refractivity (Wildman–Crippen MR) is 75.3 cm³/mol. The fourth-order valence-corrected chi connectivity index (χ4v) is 1.82. The van der Waals surface area contributed by atoms with Gasteiger partial charge >= 0.3 is 0 Å². The molecule has 2 rings (SSSR count). The Labute approximate surface area is 116 Å². The molecule has 0 aliphatic carbocycles. The molecular weight excluding hydrogens is 256 g/mol. The Hall–Kier alpha value is -2.78. The molecule has 1 aromatic carbocycles. The number of anilines is 1. The number of nitriles is 1. The number of methoxy groups -OCH3 is 2. The van der Waals surface area contributed by atoms with E-state index in [1.54, 1.807) is 32.4 Å². The highest BCUT2D eigenvalue weighted by Gasteiger charge is 2.09. The molecule has 0 saturated carbocycles. The molecule has 0 aliphatic rings. The van der Waals surface area contributed by atoms with E-state index in [0.717, 1.165) is 5.56 Å². The van der Waals surface area contributed by atoms with Gasteiger partial charge in [-0.2, -0.15) is 5.26 Å². The molecule has 1 aromatic heterocycles. The van der Waals surface area contributed by atoms with Gasteiger partial charge in [-0.15, -0.1) is 0 Å². The van der Waals surface area contributed by atoms with Crippen molar-refractivity contribution in [2.24, 2.45) is 5.84 Å². The van der Waals surface area contributed by atoms with Crippen LogP contribution in [0.25, 0.3) is 11.3 Å². The minimum atomic E-state index is 0.333. The van der Waals surface area contributed by atoms with Crippen LogP contribution in [0.5, 0.6) is 11.5 Å². The van der Waals surface area contributed by atoms with Gasteiger partial charge in [0.25, 0.3) is 0 Å². The fraction of sp³-hybridized carbons (Fsp3) is 0.143. The Morgan fingerprint density at radius 3 is 2.50 bits per heavy atom. The molecule has 0 atom stereocenters. The highest BCUT2D eigenvalue weighted by atomic mass is 16.5. The van der Waals surface area contributed by atoms with Crippen LogP contribution in [-0.2, 0) is 0 Å². The van der Waals surface area contributed by atoms with Gasteiger partial charge in [0.2, 0.25) is 0 Å². The zero-order chi connectivity index (χ0) is 14.5. The van der Waals surface area contributed by atoms with E-state index >= 15 is 0 Å². The van der Waals surface area contributed by atoms with Gasteiger partial charge in [-0.25, -0.2) is 10.8 Å². The Bertz CT molecular complexity index is 665. The number of aromatic nitrogens is 1. The first-order valence-corrected chi connectivity index (χ1v) is 5.83. The summed E-state index contributed by atoms with van der Waals surface area (Å²) in [6, 6.07) is 10.9. The lowest BCUT2D eigenvalue weighted by Gasteiger charge is -2.10. The molecule has 102 valence electrons. The molecule has 0 unspecified atom stereocenters. The van der Waals surface area contributed by atoms with Crippen LogP contribution in [0, 0.1) is 11.3 Å². The minimum Gasteiger partial charge on any atom is -0.493 e. The van der Waals surface area contributed by atoms with Gasteiger partial charge in [0.1, 0.15) is 6.07 Å². The molecule has 0 radical (unpaired) electrons. The van der Waals surface area contributed by atoms with Gasteiger partial charge in [-0.3, -0.25) is 0 Å². The summed E-state index contributed by atoms with van der Waals surface area (Å²) >= 11 is 0.